The standard InChI is InChI=1S/C20H20N2O5S/c1-14-3-9-17(10-4-14)28(24,25)19-18-13-27-12-11-21(18)22(20(19)23)15-5-7-16(26-2)8-6-15/h3-10H,11-13H2,1-2H3. The van der Waals surface area contributed by atoms with Crippen LogP contribution in [-0.2, 0) is 27.7 Å². The van der Waals surface area contributed by atoms with Crippen LogP contribution in [0.3, 0.4) is 0 Å². The first kappa shape index (κ1) is 18.5. The van der Waals surface area contributed by atoms with Gasteiger partial charge in [-0.1, -0.05) is 17.7 Å². The lowest BCUT2D eigenvalue weighted by Gasteiger charge is -2.19. The number of aryl methyl sites for hydroxylation is 1. The fraction of sp³-hybridized carbons (Fsp3) is 0.250. The van der Waals surface area contributed by atoms with E-state index in [9.17, 15) is 13.2 Å². The summed E-state index contributed by atoms with van der Waals surface area (Å²) in [5, 5.41) is 0. The van der Waals surface area contributed by atoms with Gasteiger partial charge in [-0.05, 0) is 43.3 Å². The third-order valence-electron chi connectivity index (χ3n) is 4.80. The van der Waals surface area contributed by atoms with Crippen molar-refractivity contribution in [1.82, 2.24) is 9.36 Å². The van der Waals surface area contributed by atoms with E-state index in [0.717, 1.165) is 5.56 Å². The zero-order valence-corrected chi connectivity index (χ0v) is 16.4. The fourth-order valence-corrected chi connectivity index (χ4v) is 4.87. The van der Waals surface area contributed by atoms with Crippen LogP contribution in [0, 0.1) is 6.92 Å². The van der Waals surface area contributed by atoms with Crippen LogP contribution >= 0.6 is 0 Å². The summed E-state index contributed by atoms with van der Waals surface area (Å²) < 4.78 is 40.3. The fourth-order valence-electron chi connectivity index (χ4n) is 3.35. The molecule has 7 nitrogen and oxygen atoms in total. The van der Waals surface area contributed by atoms with Gasteiger partial charge in [0.25, 0.3) is 5.56 Å². The molecule has 2 aromatic carbocycles. The highest BCUT2D eigenvalue weighted by molar-refractivity contribution is 7.91. The quantitative estimate of drug-likeness (QED) is 0.672. The minimum atomic E-state index is -3.99. The van der Waals surface area contributed by atoms with Crippen molar-refractivity contribution in [3.63, 3.8) is 0 Å². The Balaban J connectivity index is 1.95. The molecule has 28 heavy (non-hydrogen) atoms. The molecule has 0 aliphatic carbocycles. The Labute approximate surface area is 162 Å². The van der Waals surface area contributed by atoms with Gasteiger partial charge in [-0.2, -0.15) is 0 Å². The van der Waals surface area contributed by atoms with Crippen molar-refractivity contribution in [3.8, 4) is 11.4 Å². The van der Waals surface area contributed by atoms with Gasteiger partial charge >= 0.3 is 0 Å². The zero-order valence-electron chi connectivity index (χ0n) is 15.6. The summed E-state index contributed by atoms with van der Waals surface area (Å²) in [6.45, 7) is 2.74. The van der Waals surface area contributed by atoms with Crippen LogP contribution in [0.4, 0.5) is 0 Å². The van der Waals surface area contributed by atoms with Crippen molar-refractivity contribution in [2.24, 2.45) is 0 Å². The molecule has 8 heteroatoms. The molecular weight excluding hydrogens is 380 g/mol. The highest BCUT2D eigenvalue weighted by Crippen LogP contribution is 2.26. The SMILES string of the molecule is COc1ccc(-n2c(=O)c(S(=O)(=O)c3ccc(C)cc3)c3n2CCOC3)cc1. The van der Waals surface area contributed by atoms with E-state index in [-0.39, 0.29) is 16.4 Å². The van der Waals surface area contributed by atoms with Crippen molar-refractivity contribution in [2.75, 3.05) is 13.7 Å². The van der Waals surface area contributed by atoms with Crippen molar-refractivity contribution in [1.29, 1.82) is 0 Å². The molecule has 0 saturated carbocycles. The maximum Gasteiger partial charge on any atom is 0.291 e. The maximum absolute atomic E-state index is 13.3. The van der Waals surface area contributed by atoms with Crippen molar-refractivity contribution in [3.05, 3.63) is 70.1 Å². The molecule has 4 rings (SSSR count). The highest BCUT2D eigenvalue weighted by Gasteiger charge is 2.33. The molecule has 0 saturated heterocycles. The van der Waals surface area contributed by atoms with Crippen molar-refractivity contribution in [2.45, 2.75) is 29.9 Å². The van der Waals surface area contributed by atoms with Crippen LogP contribution in [0.15, 0.2) is 63.1 Å². The molecule has 0 unspecified atom stereocenters. The minimum Gasteiger partial charge on any atom is -0.497 e. The molecule has 1 aliphatic rings. The number of sulfone groups is 1. The predicted octanol–water partition coefficient (Wildman–Crippen LogP) is 2.32. The number of ether oxygens (including phenoxy) is 2. The van der Waals surface area contributed by atoms with Crippen LogP contribution in [0.2, 0.25) is 0 Å². The van der Waals surface area contributed by atoms with Crippen LogP contribution in [0.1, 0.15) is 11.3 Å². The van der Waals surface area contributed by atoms with E-state index < -0.39 is 15.4 Å². The number of methoxy groups -OCH3 is 1. The van der Waals surface area contributed by atoms with E-state index in [2.05, 4.69) is 0 Å². The van der Waals surface area contributed by atoms with Gasteiger partial charge in [0, 0.05) is 0 Å². The number of fused-ring (bicyclic) bond motifs is 1. The second-order valence-electron chi connectivity index (χ2n) is 6.58. The summed E-state index contributed by atoms with van der Waals surface area (Å²) in [5.74, 6) is 0.651. The van der Waals surface area contributed by atoms with Gasteiger partial charge in [0.2, 0.25) is 9.84 Å². The van der Waals surface area contributed by atoms with E-state index >= 15 is 0 Å². The summed E-state index contributed by atoms with van der Waals surface area (Å²) in [7, 11) is -2.43. The lowest BCUT2D eigenvalue weighted by molar-refractivity contribution is 0.0753. The van der Waals surface area contributed by atoms with Gasteiger partial charge < -0.3 is 9.47 Å². The highest BCUT2D eigenvalue weighted by atomic mass is 32.2. The monoisotopic (exact) mass is 400 g/mol. The van der Waals surface area contributed by atoms with Crippen LogP contribution in [0.25, 0.3) is 5.69 Å². The molecule has 1 aromatic heterocycles. The summed E-state index contributed by atoms with van der Waals surface area (Å²) in [4.78, 5) is 13.1. The maximum atomic E-state index is 13.3. The van der Waals surface area contributed by atoms with Gasteiger partial charge in [-0.3, -0.25) is 9.48 Å². The average Bonchev–Trinajstić information content (AvgIpc) is 3.01. The van der Waals surface area contributed by atoms with Gasteiger partial charge in [0.05, 0.1) is 43.1 Å². The molecule has 0 spiro atoms. The topological polar surface area (TPSA) is 79.5 Å². The lowest BCUT2D eigenvalue weighted by atomic mass is 10.2. The predicted molar refractivity (Wildman–Crippen MR) is 103 cm³/mol. The lowest BCUT2D eigenvalue weighted by Crippen LogP contribution is -2.26. The molecule has 0 atom stereocenters. The molecule has 0 fully saturated rings. The van der Waals surface area contributed by atoms with E-state index in [4.69, 9.17) is 9.47 Å². The number of nitrogens with zero attached hydrogens (tertiary/aromatic N) is 2. The average molecular weight is 400 g/mol. The number of aromatic nitrogens is 2. The Bertz CT molecular complexity index is 1170. The van der Waals surface area contributed by atoms with Crippen LogP contribution in [-0.4, -0.2) is 31.5 Å². The van der Waals surface area contributed by atoms with Crippen molar-refractivity contribution < 1.29 is 17.9 Å². The Morgan fingerprint density at radius 3 is 2.36 bits per heavy atom. The number of hydrogen-bond donors (Lipinski definition) is 0. The third kappa shape index (κ3) is 2.94. The third-order valence-corrected chi connectivity index (χ3v) is 6.65. The van der Waals surface area contributed by atoms with E-state index in [1.54, 1.807) is 48.2 Å². The van der Waals surface area contributed by atoms with Crippen LogP contribution in [0.5, 0.6) is 5.75 Å². The molecule has 146 valence electrons. The molecule has 2 heterocycles. The number of hydrogen-bond acceptors (Lipinski definition) is 5. The van der Waals surface area contributed by atoms with Gasteiger partial charge in [0.1, 0.15) is 5.75 Å². The molecule has 0 N–H and O–H groups in total. The zero-order chi connectivity index (χ0) is 19.9. The Hall–Kier alpha value is -2.84. The first-order valence-electron chi connectivity index (χ1n) is 8.82. The summed E-state index contributed by atoms with van der Waals surface area (Å²) in [6, 6.07) is 13.4. The molecule has 0 radical (unpaired) electrons. The van der Waals surface area contributed by atoms with E-state index in [1.807, 2.05) is 6.92 Å². The van der Waals surface area contributed by atoms with Crippen molar-refractivity contribution >= 4 is 9.84 Å². The summed E-state index contributed by atoms with van der Waals surface area (Å²) in [5.41, 5.74) is 1.30. The molecule has 0 bridgehead atoms. The van der Waals surface area contributed by atoms with Gasteiger partial charge in [0.15, 0.2) is 4.90 Å². The minimum absolute atomic E-state index is 0.0683. The smallest absolute Gasteiger partial charge is 0.291 e. The Kier molecular flexibility index (Phi) is 4.60. The summed E-state index contributed by atoms with van der Waals surface area (Å²) >= 11 is 0. The number of rotatable bonds is 4. The van der Waals surface area contributed by atoms with E-state index in [1.165, 1.54) is 16.8 Å². The summed E-state index contributed by atoms with van der Waals surface area (Å²) in [6.07, 6.45) is 0. The first-order chi connectivity index (χ1) is 13.4. The molecule has 1 aliphatic heterocycles. The van der Waals surface area contributed by atoms with Crippen LogP contribution < -0.4 is 10.3 Å². The normalized spacial score (nSPS) is 13.9. The Morgan fingerprint density at radius 2 is 1.71 bits per heavy atom. The molecule has 3 aromatic rings. The first-order valence-corrected chi connectivity index (χ1v) is 10.3. The largest absolute Gasteiger partial charge is 0.497 e. The molecule has 0 amide bonds. The van der Waals surface area contributed by atoms with Gasteiger partial charge in [-0.15, -0.1) is 0 Å². The Morgan fingerprint density at radius 1 is 1.04 bits per heavy atom. The second kappa shape index (κ2) is 6.96. The molecular formula is C20H20N2O5S. The van der Waals surface area contributed by atoms with Gasteiger partial charge in [-0.25, -0.2) is 13.1 Å². The number of benzene rings is 2. The second-order valence-corrected chi connectivity index (χ2v) is 8.47. The van der Waals surface area contributed by atoms with E-state index in [0.29, 0.717) is 30.3 Å².